The molecule has 1 unspecified atom stereocenters. The van der Waals surface area contributed by atoms with Crippen LogP contribution in [0, 0.1) is 0 Å². The lowest BCUT2D eigenvalue weighted by molar-refractivity contribution is 0.645. The summed E-state index contributed by atoms with van der Waals surface area (Å²) in [6.07, 6.45) is 0.630. The van der Waals surface area contributed by atoms with Crippen molar-refractivity contribution in [3.63, 3.8) is 0 Å². The highest BCUT2D eigenvalue weighted by Crippen LogP contribution is 2.17. The zero-order valence-corrected chi connectivity index (χ0v) is 11.6. The maximum absolute atomic E-state index is 12.0. The highest BCUT2D eigenvalue weighted by Gasteiger charge is 2.13. The minimum absolute atomic E-state index is 0.252. The molecule has 3 rings (SSSR count). The van der Waals surface area contributed by atoms with Crippen LogP contribution in [0.4, 0.5) is 0 Å². The quantitative estimate of drug-likeness (QED) is 0.762. The van der Waals surface area contributed by atoms with E-state index in [1.807, 2.05) is 43.3 Å². The first-order valence-electron chi connectivity index (χ1n) is 6.77. The molecule has 1 aromatic carbocycles. The van der Waals surface area contributed by atoms with E-state index in [1.165, 1.54) is 0 Å². The number of hydrogen-bond acceptors (Lipinski definition) is 5. The van der Waals surface area contributed by atoms with Crippen molar-refractivity contribution in [1.29, 1.82) is 0 Å². The average molecular weight is 281 g/mol. The molecule has 0 aliphatic heterocycles. The minimum atomic E-state index is -0.403. The van der Waals surface area contributed by atoms with Crippen LogP contribution in [0.3, 0.4) is 0 Å². The van der Waals surface area contributed by atoms with Gasteiger partial charge in [0.25, 0.3) is 5.56 Å². The molecule has 1 atom stereocenters. The van der Waals surface area contributed by atoms with Crippen LogP contribution in [-0.2, 0) is 0 Å². The topological polar surface area (TPSA) is 97.5 Å². The number of aromatic amines is 1. The van der Waals surface area contributed by atoms with Crippen molar-refractivity contribution >= 4 is 10.9 Å². The van der Waals surface area contributed by atoms with Crippen LogP contribution in [-0.4, -0.2) is 20.2 Å². The lowest BCUT2D eigenvalue weighted by Gasteiger charge is -2.07. The molecule has 3 N–H and O–H groups in total. The second-order valence-electron chi connectivity index (χ2n) is 4.79. The van der Waals surface area contributed by atoms with E-state index in [1.54, 1.807) is 0 Å². The summed E-state index contributed by atoms with van der Waals surface area (Å²) in [6, 6.07) is 11.1. The van der Waals surface area contributed by atoms with Crippen LogP contribution >= 0.6 is 0 Å². The van der Waals surface area contributed by atoms with Crippen molar-refractivity contribution in [1.82, 2.24) is 20.2 Å². The van der Waals surface area contributed by atoms with E-state index < -0.39 is 6.04 Å². The number of fused-ring (bicyclic) bond motifs is 1. The summed E-state index contributed by atoms with van der Waals surface area (Å²) in [6.45, 7) is 1.89. The van der Waals surface area contributed by atoms with Gasteiger partial charge in [-0.15, -0.1) is 10.2 Å². The van der Waals surface area contributed by atoms with Gasteiger partial charge < -0.3 is 10.7 Å². The maximum atomic E-state index is 12.0. The van der Waals surface area contributed by atoms with Gasteiger partial charge in [0.2, 0.25) is 0 Å². The maximum Gasteiger partial charge on any atom is 0.274 e. The Balaban J connectivity index is 2.06. The van der Waals surface area contributed by atoms with Gasteiger partial charge in [-0.1, -0.05) is 31.2 Å². The molecular formula is C15H15N5O. The number of H-pyrrole nitrogens is 1. The van der Waals surface area contributed by atoms with Crippen molar-refractivity contribution in [3.8, 4) is 11.5 Å². The largest absolute Gasteiger partial charge is 0.322 e. The Kier molecular flexibility index (Phi) is 3.45. The molecule has 2 aromatic heterocycles. The highest BCUT2D eigenvalue weighted by atomic mass is 16.1. The Morgan fingerprint density at radius 1 is 1.19 bits per heavy atom. The zero-order chi connectivity index (χ0) is 14.8. The van der Waals surface area contributed by atoms with Gasteiger partial charge in [0.1, 0.15) is 11.4 Å². The number of rotatable bonds is 3. The third-order valence-electron chi connectivity index (χ3n) is 3.35. The molecule has 0 aliphatic rings. The van der Waals surface area contributed by atoms with Crippen LogP contribution in [0.15, 0.2) is 41.2 Å². The fourth-order valence-electron chi connectivity index (χ4n) is 2.09. The summed E-state index contributed by atoms with van der Waals surface area (Å²) < 4.78 is 0. The molecule has 0 saturated carbocycles. The normalized spacial score (nSPS) is 12.5. The Morgan fingerprint density at radius 3 is 2.76 bits per heavy atom. The van der Waals surface area contributed by atoms with E-state index in [4.69, 9.17) is 5.73 Å². The number of aromatic nitrogens is 4. The molecule has 6 heteroatoms. The van der Waals surface area contributed by atoms with Gasteiger partial charge >= 0.3 is 0 Å². The van der Waals surface area contributed by atoms with Gasteiger partial charge in [0.05, 0.1) is 11.6 Å². The molecule has 0 aliphatic carbocycles. The molecule has 0 fully saturated rings. The van der Waals surface area contributed by atoms with E-state index in [0.29, 0.717) is 17.9 Å². The predicted octanol–water partition coefficient (Wildman–Crippen LogP) is 1.79. The monoisotopic (exact) mass is 281 g/mol. The first kappa shape index (κ1) is 13.4. The molecule has 0 saturated heterocycles. The number of benzene rings is 1. The van der Waals surface area contributed by atoms with Gasteiger partial charge in [0.15, 0.2) is 5.82 Å². The lowest BCUT2D eigenvalue weighted by atomic mass is 10.2. The summed E-state index contributed by atoms with van der Waals surface area (Å²) in [5.41, 5.74) is 7.17. The number of nitrogens with zero attached hydrogens (tertiary/aromatic N) is 3. The molecule has 21 heavy (non-hydrogen) atoms. The van der Waals surface area contributed by atoms with Crippen LogP contribution in [0.1, 0.15) is 25.1 Å². The second-order valence-corrected chi connectivity index (χ2v) is 4.79. The fraction of sp³-hybridized carbons (Fsp3) is 0.200. The van der Waals surface area contributed by atoms with Gasteiger partial charge in [-0.3, -0.25) is 4.79 Å². The number of pyridine rings is 1. The molecule has 106 valence electrons. The van der Waals surface area contributed by atoms with Crippen LogP contribution in [0.2, 0.25) is 0 Å². The molecule has 0 bridgehead atoms. The minimum Gasteiger partial charge on any atom is -0.322 e. The van der Waals surface area contributed by atoms with Crippen LogP contribution < -0.4 is 11.3 Å². The Hall–Kier alpha value is -2.60. The molecule has 6 nitrogen and oxygen atoms in total. The molecule has 0 spiro atoms. The second kappa shape index (κ2) is 5.41. The summed E-state index contributed by atoms with van der Waals surface area (Å²) >= 11 is 0. The van der Waals surface area contributed by atoms with Gasteiger partial charge in [-0.25, -0.2) is 4.98 Å². The van der Waals surface area contributed by atoms with E-state index in [-0.39, 0.29) is 11.3 Å². The van der Waals surface area contributed by atoms with Gasteiger partial charge in [0, 0.05) is 5.39 Å². The molecule has 0 radical (unpaired) electrons. The highest BCUT2D eigenvalue weighted by molar-refractivity contribution is 5.80. The van der Waals surface area contributed by atoms with E-state index in [0.717, 1.165) is 10.9 Å². The summed E-state index contributed by atoms with van der Waals surface area (Å²) in [5.74, 6) is 0.345. The summed E-state index contributed by atoms with van der Waals surface area (Å²) in [7, 11) is 0. The zero-order valence-electron chi connectivity index (χ0n) is 11.6. The van der Waals surface area contributed by atoms with Crippen molar-refractivity contribution in [2.24, 2.45) is 5.73 Å². The number of para-hydroxylation sites is 1. The SMILES string of the molecule is CCC(N)c1nnc(-c2ccc3ccccc3n2)[nH]c1=O. The third-order valence-corrected chi connectivity index (χ3v) is 3.35. The molecule has 3 aromatic rings. The van der Waals surface area contributed by atoms with Crippen molar-refractivity contribution in [2.75, 3.05) is 0 Å². The first-order valence-corrected chi connectivity index (χ1v) is 6.77. The van der Waals surface area contributed by atoms with Crippen LogP contribution in [0.25, 0.3) is 22.4 Å². The Morgan fingerprint density at radius 2 is 2.00 bits per heavy atom. The Labute approximate surface area is 121 Å². The van der Waals surface area contributed by atoms with E-state index in [2.05, 4.69) is 20.2 Å². The van der Waals surface area contributed by atoms with Crippen molar-refractivity contribution in [3.05, 3.63) is 52.4 Å². The number of nitrogens with two attached hydrogens (primary N) is 1. The molecular weight excluding hydrogens is 266 g/mol. The van der Waals surface area contributed by atoms with Crippen molar-refractivity contribution in [2.45, 2.75) is 19.4 Å². The molecule has 0 amide bonds. The number of nitrogens with one attached hydrogen (secondary N) is 1. The van der Waals surface area contributed by atoms with E-state index >= 15 is 0 Å². The summed E-state index contributed by atoms with van der Waals surface area (Å²) in [5, 5.41) is 9.01. The van der Waals surface area contributed by atoms with E-state index in [9.17, 15) is 4.79 Å². The van der Waals surface area contributed by atoms with Gasteiger partial charge in [-0.05, 0) is 18.6 Å². The smallest absolute Gasteiger partial charge is 0.274 e. The predicted molar refractivity (Wildman–Crippen MR) is 80.6 cm³/mol. The van der Waals surface area contributed by atoms with Crippen molar-refractivity contribution < 1.29 is 0 Å². The van der Waals surface area contributed by atoms with Gasteiger partial charge in [-0.2, -0.15) is 0 Å². The van der Waals surface area contributed by atoms with Crippen LogP contribution in [0.5, 0.6) is 0 Å². The first-order chi connectivity index (χ1) is 10.2. The Bertz CT molecular complexity index is 843. The number of hydrogen-bond donors (Lipinski definition) is 2. The lowest BCUT2D eigenvalue weighted by Crippen LogP contribution is -2.25. The molecule has 2 heterocycles. The third kappa shape index (κ3) is 2.53. The standard InChI is InChI=1S/C15H15N5O/c1-2-10(16)13-15(21)18-14(20-19-13)12-8-7-9-5-3-4-6-11(9)17-12/h3-8,10H,2,16H2,1H3,(H,18,20,21). The average Bonchev–Trinajstić information content (AvgIpc) is 2.53. The fourth-order valence-corrected chi connectivity index (χ4v) is 2.09. The summed E-state index contributed by atoms with van der Waals surface area (Å²) in [4.78, 5) is 19.2.